The summed E-state index contributed by atoms with van der Waals surface area (Å²) >= 11 is 0. The van der Waals surface area contributed by atoms with Crippen LogP contribution in [0.2, 0.25) is 0 Å². The van der Waals surface area contributed by atoms with Crippen LogP contribution in [0.25, 0.3) is 0 Å². The first-order valence-corrected chi connectivity index (χ1v) is 7.11. The fourth-order valence-corrected chi connectivity index (χ4v) is 2.15. The van der Waals surface area contributed by atoms with Crippen LogP contribution in [0, 0.1) is 0 Å². The molecular weight excluding hydrogens is 240 g/mol. The fourth-order valence-electron chi connectivity index (χ4n) is 2.15. The summed E-state index contributed by atoms with van der Waals surface area (Å²) in [5.41, 5.74) is 2.25. The van der Waals surface area contributed by atoms with Crippen molar-refractivity contribution in [3.05, 3.63) is 17.7 Å². The van der Waals surface area contributed by atoms with E-state index in [9.17, 15) is 0 Å². The van der Waals surface area contributed by atoms with E-state index in [0.717, 1.165) is 56.6 Å². The smallest absolute Gasteiger partial charge is 0.131 e. The molecule has 0 aliphatic carbocycles. The Labute approximate surface area is 115 Å². The molecule has 106 valence electrons. The number of hydrogen-bond donors (Lipinski definition) is 1. The van der Waals surface area contributed by atoms with Crippen LogP contribution >= 0.6 is 0 Å². The lowest BCUT2D eigenvalue weighted by Crippen LogP contribution is -2.37. The fraction of sp³-hybridized carbons (Fsp3) is 0.714. The Balaban J connectivity index is 2.24. The number of rotatable bonds is 5. The standard InChI is InChI=1S/C14H24N4O/c1-4-15-9-12-13(18-5-7-19-8-6-18)10-16-14(17-12)11(2)3/h10-11,15H,4-9H2,1-3H3. The Morgan fingerprint density at radius 2 is 2.11 bits per heavy atom. The van der Waals surface area contributed by atoms with E-state index in [1.807, 2.05) is 6.20 Å². The van der Waals surface area contributed by atoms with Gasteiger partial charge in [-0.1, -0.05) is 20.8 Å². The number of hydrogen-bond acceptors (Lipinski definition) is 5. The minimum atomic E-state index is 0.360. The van der Waals surface area contributed by atoms with E-state index in [1.54, 1.807) is 0 Å². The molecule has 0 amide bonds. The van der Waals surface area contributed by atoms with Crippen molar-refractivity contribution in [1.82, 2.24) is 15.3 Å². The molecule has 0 unspecified atom stereocenters. The van der Waals surface area contributed by atoms with Crippen LogP contribution in [0.15, 0.2) is 6.20 Å². The molecule has 19 heavy (non-hydrogen) atoms. The molecule has 1 aliphatic heterocycles. The highest BCUT2D eigenvalue weighted by atomic mass is 16.5. The van der Waals surface area contributed by atoms with Crippen molar-refractivity contribution in [1.29, 1.82) is 0 Å². The predicted molar refractivity (Wildman–Crippen MR) is 76.5 cm³/mol. The topological polar surface area (TPSA) is 50.3 Å². The van der Waals surface area contributed by atoms with Gasteiger partial charge in [0.25, 0.3) is 0 Å². The number of nitrogens with zero attached hydrogens (tertiary/aromatic N) is 3. The van der Waals surface area contributed by atoms with Gasteiger partial charge in [0.05, 0.1) is 30.8 Å². The average molecular weight is 264 g/mol. The van der Waals surface area contributed by atoms with Gasteiger partial charge >= 0.3 is 0 Å². The highest BCUT2D eigenvalue weighted by Gasteiger charge is 2.17. The lowest BCUT2D eigenvalue weighted by atomic mass is 10.2. The molecule has 1 aliphatic rings. The van der Waals surface area contributed by atoms with Crippen LogP contribution in [-0.4, -0.2) is 42.8 Å². The van der Waals surface area contributed by atoms with Crippen molar-refractivity contribution in [2.75, 3.05) is 37.7 Å². The van der Waals surface area contributed by atoms with Crippen molar-refractivity contribution in [2.45, 2.75) is 33.2 Å². The summed E-state index contributed by atoms with van der Waals surface area (Å²) in [7, 11) is 0. The molecule has 2 rings (SSSR count). The molecule has 1 aromatic rings. The second-order valence-electron chi connectivity index (χ2n) is 5.09. The van der Waals surface area contributed by atoms with Gasteiger partial charge in [-0.25, -0.2) is 9.97 Å². The van der Waals surface area contributed by atoms with Crippen molar-refractivity contribution < 1.29 is 4.74 Å². The van der Waals surface area contributed by atoms with Crippen molar-refractivity contribution in [3.8, 4) is 0 Å². The monoisotopic (exact) mass is 264 g/mol. The number of morpholine rings is 1. The molecular formula is C14H24N4O. The summed E-state index contributed by atoms with van der Waals surface area (Å²) in [4.78, 5) is 11.5. The van der Waals surface area contributed by atoms with Crippen LogP contribution in [0.3, 0.4) is 0 Å². The maximum absolute atomic E-state index is 5.41. The highest BCUT2D eigenvalue weighted by Crippen LogP contribution is 2.21. The van der Waals surface area contributed by atoms with Crippen LogP contribution in [-0.2, 0) is 11.3 Å². The van der Waals surface area contributed by atoms with E-state index in [4.69, 9.17) is 9.72 Å². The lowest BCUT2D eigenvalue weighted by molar-refractivity contribution is 0.122. The van der Waals surface area contributed by atoms with Gasteiger partial charge in [0.1, 0.15) is 5.82 Å². The summed E-state index contributed by atoms with van der Waals surface area (Å²) < 4.78 is 5.41. The molecule has 0 aromatic carbocycles. The number of anilines is 1. The summed E-state index contributed by atoms with van der Waals surface area (Å²) in [5.74, 6) is 1.28. The normalized spacial score (nSPS) is 16.1. The average Bonchev–Trinajstić information content (AvgIpc) is 2.45. The largest absolute Gasteiger partial charge is 0.378 e. The Morgan fingerprint density at radius 3 is 2.74 bits per heavy atom. The van der Waals surface area contributed by atoms with E-state index in [0.29, 0.717) is 5.92 Å². The molecule has 0 saturated carbocycles. The SMILES string of the molecule is CCNCc1nc(C(C)C)ncc1N1CCOCC1. The third-order valence-corrected chi connectivity index (χ3v) is 3.27. The first-order chi connectivity index (χ1) is 9.22. The quantitative estimate of drug-likeness (QED) is 0.874. The second-order valence-corrected chi connectivity index (χ2v) is 5.09. The first kappa shape index (κ1) is 14.2. The molecule has 5 nitrogen and oxygen atoms in total. The molecule has 5 heteroatoms. The molecule has 1 N–H and O–H groups in total. The molecule has 1 saturated heterocycles. The van der Waals surface area contributed by atoms with Crippen LogP contribution < -0.4 is 10.2 Å². The molecule has 1 fully saturated rings. The van der Waals surface area contributed by atoms with Crippen molar-refractivity contribution >= 4 is 5.69 Å². The molecule has 0 bridgehead atoms. The van der Waals surface area contributed by atoms with Gasteiger partial charge in [-0.2, -0.15) is 0 Å². The van der Waals surface area contributed by atoms with Crippen molar-refractivity contribution in [2.24, 2.45) is 0 Å². The van der Waals surface area contributed by atoms with Gasteiger partial charge in [-0.05, 0) is 6.54 Å². The zero-order chi connectivity index (χ0) is 13.7. The highest BCUT2D eigenvalue weighted by molar-refractivity contribution is 5.49. The number of aromatic nitrogens is 2. The lowest BCUT2D eigenvalue weighted by Gasteiger charge is -2.30. The maximum atomic E-state index is 5.41. The Kier molecular flexibility index (Phi) is 5.10. The van der Waals surface area contributed by atoms with Gasteiger partial charge in [-0.3, -0.25) is 0 Å². The molecule has 0 radical (unpaired) electrons. The van der Waals surface area contributed by atoms with Crippen LogP contribution in [0.5, 0.6) is 0 Å². The molecule has 2 heterocycles. The zero-order valence-electron chi connectivity index (χ0n) is 12.1. The van der Waals surface area contributed by atoms with E-state index in [2.05, 4.69) is 36.0 Å². The summed E-state index contributed by atoms with van der Waals surface area (Å²) in [6.07, 6.45) is 1.97. The summed E-state index contributed by atoms with van der Waals surface area (Å²) in [6, 6.07) is 0. The minimum absolute atomic E-state index is 0.360. The minimum Gasteiger partial charge on any atom is -0.378 e. The molecule has 1 aromatic heterocycles. The third kappa shape index (κ3) is 3.64. The van der Waals surface area contributed by atoms with Gasteiger partial charge in [0, 0.05) is 25.6 Å². The van der Waals surface area contributed by atoms with Gasteiger partial charge in [-0.15, -0.1) is 0 Å². The van der Waals surface area contributed by atoms with E-state index >= 15 is 0 Å². The van der Waals surface area contributed by atoms with E-state index < -0.39 is 0 Å². The Morgan fingerprint density at radius 1 is 1.37 bits per heavy atom. The van der Waals surface area contributed by atoms with Crippen LogP contribution in [0.4, 0.5) is 5.69 Å². The summed E-state index contributed by atoms with van der Waals surface area (Å²) in [5, 5.41) is 3.36. The molecule has 0 atom stereocenters. The Bertz CT molecular complexity index is 402. The predicted octanol–water partition coefficient (Wildman–Crippen LogP) is 1.55. The number of ether oxygens (including phenoxy) is 1. The molecule has 0 spiro atoms. The third-order valence-electron chi connectivity index (χ3n) is 3.27. The van der Waals surface area contributed by atoms with Gasteiger partial charge in [0.15, 0.2) is 0 Å². The second kappa shape index (κ2) is 6.82. The van der Waals surface area contributed by atoms with E-state index in [1.165, 1.54) is 0 Å². The maximum Gasteiger partial charge on any atom is 0.131 e. The van der Waals surface area contributed by atoms with E-state index in [-0.39, 0.29) is 0 Å². The Hall–Kier alpha value is -1.20. The van der Waals surface area contributed by atoms with Crippen LogP contribution in [0.1, 0.15) is 38.2 Å². The van der Waals surface area contributed by atoms with Gasteiger partial charge in [0.2, 0.25) is 0 Å². The zero-order valence-corrected chi connectivity index (χ0v) is 12.1. The first-order valence-electron chi connectivity index (χ1n) is 7.11. The number of nitrogens with one attached hydrogen (secondary N) is 1. The summed E-state index contributed by atoms with van der Waals surface area (Å²) in [6.45, 7) is 11.5. The van der Waals surface area contributed by atoms with Gasteiger partial charge < -0.3 is 15.0 Å². The van der Waals surface area contributed by atoms with Crippen molar-refractivity contribution in [3.63, 3.8) is 0 Å².